The Morgan fingerprint density at radius 2 is 1.68 bits per heavy atom. The highest BCUT2D eigenvalue weighted by molar-refractivity contribution is 6.09. The fourth-order valence-corrected chi connectivity index (χ4v) is 3.20. The molecular weight excluding hydrogens is 479 g/mol. The molecule has 0 unspecified atom stereocenters. The van der Waals surface area contributed by atoms with E-state index in [1.54, 1.807) is 30.3 Å². The highest BCUT2D eigenvalue weighted by Crippen LogP contribution is 2.29. The standard InChI is InChI=1S/C27H29FN4O5/c1-32(2)13-14-37-21-10-11-23(30-26(33)19-7-12-24(35-3)25(15-19)36-4)22(16-21)27(34)31-29-17-18-5-8-20(28)9-6-18/h5-12,15-17H,13-14H2,1-4H3,(H,30,33)(H,31,34)/b29-17+. The van der Waals surface area contributed by atoms with Gasteiger partial charge >= 0.3 is 0 Å². The lowest BCUT2D eigenvalue weighted by Crippen LogP contribution is -2.22. The lowest BCUT2D eigenvalue weighted by atomic mass is 10.1. The monoisotopic (exact) mass is 508 g/mol. The van der Waals surface area contributed by atoms with Gasteiger partial charge in [-0.3, -0.25) is 9.59 Å². The summed E-state index contributed by atoms with van der Waals surface area (Å²) in [6, 6.07) is 15.2. The smallest absolute Gasteiger partial charge is 0.273 e. The first kappa shape index (κ1) is 27.2. The number of benzene rings is 3. The summed E-state index contributed by atoms with van der Waals surface area (Å²) in [6.07, 6.45) is 1.39. The van der Waals surface area contributed by atoms with Crippen molar-refractivity contribution in [3.8, 4) is 17.2 Å². The van der Waals surface area contributed by atoms with Crippen LogP contribution >= 0.6 is 0 Å². The highest BCUT2D eigenvalue weighted by atomic mass is 19.1. The predicted molar refractivity (Wildman–Crippen MR) is 139 cm³/mol. The van der Waals surface area contributed by atoms with E-state index in [2.05, 4.69) is 15.8 Å². The van der Waals surface area contributed by atoms with Gasteiger partial charge in [-0.05, 0) is 68.2 Å². The van der Waals surface area contributed by atoms with Gasteiger partial charge in [0.1, 0.15) is 18.2 Å². The largest absolute Gasteiger partial charge is 0.493 e. The third-order valence-corrected chi connectivity index (χ3v) is 5.19. The van der Waals surface area contributed by atoms with Crippen LogP contribution in [0.2, 0.25) is 0 Å². The van der Waals surface area contributed by atoms with Gasteiger partial charge in [-0.1, -0.05) is 12.1 Å². The number of carbonyl (C=O) groups excluding carboxylic acids is 2. The van der Waals surface area contributed by atoms with E-state index >= 15 is 0 Å². The third-order valence-electron chi connectivity index (χ3n) is 5.19. The number of carbonyl (C=O) groups is 2. The van der Waals surface area contributed by atoms with Crippen molar-refractivity contribution < 1.29 is 28.2 Å². The molecule has 2 amide bonds. The number of ether oxygens (including phenoxy) is 3. The number of halogens is 1. The molecule has 0 heterocycles. The topological polar surface area (TPSA) is 101 Å². The van der Waals surface area contributed by atoms with E-state index in [1.807, 2.05) is 19.0 Å². The van der Waals surface area contributed by atoms with Gasteiger partial charge in [0.15, 0.2) is 11.5 Å². The summed E-state index contributed by atoms with van der Waals surface area (Å²) in [7, 11) is 6.83. The van der Waals surface area contributed by atoms with Crippen molar-refractivity contribution in [3.63, 3.8) is 0 Å². The minimum Gasteiger partial charge on any atom is -0.493 e. The molecule has 0 bridgehead atoms. The van der Waals surface area contributed by atoms with Crippen molar-refractivity contribution in [1.82, 2.24) is 10.3 Å². The number of rotatable bonds is 11. The summed E-state index contributed by atoms with van der Waals surface area (Å²) in [4.78, 5) is 28.0. The van der Waals surface area contributed by atoms with E-state index in [1.165, 1.54) is 50.8 Å². The van der Waals surface area contributed by atoms with Crippen molar-refractivity contribution in [3.05, 3.63) is 83.2 Å². The molecule has 9 nitrogen and oxygen atoms in total. The molecule has 3 aromatic carbocycles. The second kappa shape index (κ2) is 13.0. The molecule has 37 heavy (non-hydrogen) atoms. The van der Waals surface area contributed by atoms with E-state index in [4.69, 9.17) is 14.2 Å². The molecule has 3 aromatic rings. The van der Waals surface area contributed by atoms with E-state index < -0.39 is 11.8 Å². The zero-order valence-electron chi connectivity index (χ0n) is 21.1. The molecule has 0 atom stereocenters. The average Bonchev–Trinajstić information content (AvgIpc) is 2.89. The number of nitrogens with one attached hydrogen (secondary N) is 2. The quantitative estimate of drug-likeness (QED) is 0.302. The normalized spacial score (nSPS) is 10.9. The molecule has 0 aromatic heterocycles. The van der Waals surface area contributed by atoms with Crippen LogP contribution in [0.1, 0.15) is 26.3 Å². The number of hydrazone groups is 1. The van der Waals surface area contributed by atoms with E-state index in [9.17, 15) is 14.0 Å². The van der Waals surface area contributed by atoms with Crippen molar-refractivity contribution in [2.24, 2.45) is 5.10 Å². The van der Waals surface area contributed by atoms with Gasteiger partial charge < -0.3 is 24.4 Å². The first-order valence-corrected chi connectivity index (χ1v) is 11.3. The van der Waals surface area contributed by atoms with Gasteiger partial charge in [-0.25, -0.2) is 9.82 Å². The molecule has 2 N–H and O–H groups in total. The molecule has 0 fully saturated rings. The molecule has 0 aliphatic heterocycles. The Balaban J connectivity index is 1.83. The van der Waals surface area contributed by atoms with Crippen LogP contribution < -0.4 is 25.0 Å². The number of hydrogen-bond acceptors (Lipinski definition) is 7. The number of hydrogen-bond donors (Lipinski definition) is 2. The van der Waals surface area contributed by atoms with E-state index in [-0.39, 0.29) is 17.1 Å². The zero-order chi connectivity index (χ0) is 26.8. The maximum Gasteiger partial charge on any atom is 0.273 e. The van der Waals surface area contributed by atoms with E-state index in [0.29, 0.717) is 41.5 Å². The Kier molecular flexibility index (Phi) is 9.56. The van der Waals surface area contributed by atoms with Crippen molar-refractivity contribution in [1.29, 1.82) is 0 Å². The molecule has 0 aliphatic carbocycles. The second-order valence-corrected chi connectivity index (χ2v) is 8.13. The Morgan fingerprint density at radius 3 is 2.35 bits per heavy atom. The number of nitrogens with zero attached hydrogens (tertiary/aromatic N) is 2. The van der Waals surface area contributed by atoms with Crippen LogP contribution in [0.25, 0.3) is 0 Å². The average molecular weight is 509 g/mol. The van der Waals surface area contributed by atoms with Crippen LogP contribution in [0.15, 0.2) is 65.8 Å². The van der Waals surface area contributed by atoms with Gasteiger partial charge in [0, 0.05) is 12.1 Å². The molecular formula is C27H29FN4O5. The van der Waals surface area contributed by atoms with Crippen LogP contribution in [0.4, 0.5) is 10.1 Å². The van der Waals surface area contributed by atoms with Crippen LogP contribution in [0.5, 0.6) is 17.2 Å². The maximum atomic E-state index is 13.1. The summed E-state index contributed by atoms with van der Waals surface area (Å²) in [5, 5.41) is 6.70. The second-order valence-electron chi connectivity index (χ2n) is 8.13. The van der Waals surface area contributed by atoms with Crippen molar-refractivity contribution in [2.75, 3.05) is 46.8 Å². The summed E-state index contributed by atoms with van der Waals surface area (Å²) in [6.45, 7) is 1.09. The van der Waals surface area contributed by atoms with Crippen LogP contribution in [0.3, 0.4) is 0 Å². The molecule has 0 saturated carbocycles. The maximum absolute atomic E-state index is 13.1. The fourth-order valence-electron chi connectivity index (χ4n) is 3.20. The summed E-state index contributed by atoms with van der Waals surface area (Å²) < 4.78 is 29.3. The summed E-state index contributed by atoms with van der Waals surface area (Å²) in [5.41, 5.74) is 3.75. The predicted octanol–water partition coefficient (Wildman–Crippen LogP) is 3.80. The Labute approximate surface area is 214 Å². The van der Waals surface area contributed by atoms with Gasteiger partial charge in [0.05, 0.1) is 31.7 Å². The number of amides is 2. The van der Waals surface area contributed by atoms with Crippen LogP contribution in [0, 0.1) is 5.82 Å². The third kappa shape index (κ3) is 7.77. The summed E-state index contributed by atoms with van der Waals surface area (Å²) >= 11 is 0. The van der Waals surface area contributed by atoms with E-state index in [0.717, 1.165) is 0 Å². The van der Waals surface area contributed by atoms with Crippen molar-refractivity contribution in [2.45, 2.75) is 0 Å². The minimum atomic E-state index is -0.570. The Bertz CT molecular complexity index is 1260. The lowest BCUT2D eigenvalue weighted by molar-refractivity contribution is 0.0955. The van der Waals surface area contributed by atoms with Gasteiger partial charge in [0.25, 0.3) is 11.8 Å². The van der Waals surface area contributed by atoms with Gasteiger partial charge in [0.2, 0.25) is 0 Å². The molecule has 0 aliphatic rings. The summed E-state index contributed by atoms with van der Waals surface area (Å²) in [5.74, 6) is -0.0591. The number of likely N-dealkylation sites (N-methyl/N-ethyl adjacent to an activating group) is 1. The number of methoxy groups -OCH3 is 2. The van der Waals surface area contributed by atoms with Gasteiger partial charge in [-0.2, -0.15) is 5.10 Å². The number of anilines is 1. The molecule has 0 saturated heterocycles. The molecule has 0 spiro atoms. The Morgan fingerprint density at radius 1 is 0.946 bits per heavy atom. The minimum absolute atomic E-state index is 0.146. The fraction of sp³-hybridized carbons (Fsp3) is 0.222. The lowest BCUT2D eigenvalue weighted by Gasteiger charge is -2.15. The highest BCUT2D eigenvalue weighted by Gasteiger charge is 2.17. The zero-order valence-corrected chi connectivity index (χ0v) is 21.1. The van der Waals surface area contributed by atoms with Gasteiger partial charge in [-0.15, -0.1) is 0 Å². The first-order chi connectivity index (χ1) is 17.8. The van der Waals surface area contributed by atoms with Crippen LogP contribution in [-0.4, -0.2) is 64.4 Å². The SMILES string of the molecule is COc1ccc(C(=O)Nc2ccc(OCCN(C)C)cc2C(=O)N/N=C/c2ccc(F)cc2)cc1OC. The molecule has 10 heteroatoms. The molecule has 0 radical (unpaired) electrons. The van der Waals surface area contributed by atoms with Crippen molar-refractivity contribution >= 4 is 23.7 Å². The molecule has 194 valence electrons. The Hall–Kier alpha value is -4.44. The first-order valence-electron chi connectivity index (χ1n) is 11.3. The van der Waals surface area contributed by atoms with Crippen LogP contribution in [-0.2, 0) is 0 Å². The molecule has 3 rings (SSSR count).